The standard InChI is InChI=1S/C16H30N4O5.C2HF3O2/c1-5-6-16(3,25-4)14(20-9(2)21)12-11(18-8-19-17)7-10(13(12)22)15(23)24;3-2(4,5)1(6)7/h8,10-14,22H,5-7,17H2,1-4H3,(H,18,19)(H,20,21)(H,23,24);(H,6,7). The van der Waals surface area contributed by atoms with E-state index in [1.807, 2.05) is 13.8 Å². The number of carbonyl (C=O) groups is 3. The number of amides is 1. The fraction of sp³-hybridized carbons (Fsp3) is 0.778. The van der Waals surface area contributed by atoms with Crippen molar-refractivity contribution in [2.75, 3.05) is 7.11 Å². The number of nitrogens with two attached hydrogens (primary N) is 1. The average molecular weight is 472 g/mol. The van der Waals surface area contributed by atoms with Gasteiger partial charge in [0, 0.05) is 26.0 Å². The van der Waals surface area contributed by atoms with Gasteiger partial charge in [-0.25, -0.2) is 4.79 Å². The minimum atomic E-state index is -5.08. The summed E-state index contributed by atoms with van der Waals surface area (Å²) in [6.45, 7) is 5.23. The lowest BCUT2D eigenvalue weighted by Gasteiger charge is -2.43. The molecule has 7 N–H and O–H groups in total. The van der Waals surface area contributed by atoms with Crippen LogP contribution in [0.1, 0.15) is 40.0 Å². The minimum absolute atomic E-state index is 0.190. The summed E-state index contributed by atoms with van der Waals surface area (Å²) in [6.07, 6.45) is -3.34. The summed E-state index contributed by atoms with van der Waals surface area (Å²) in [6, 6.07) is -1.01. The van der Waals surface area contributed by atoms with Crippen molar-refractivity contribution < 1.29 is 47.6 Å². The average Bonchev–Trinajstić information content (AvgIpc) is 3.00. The Labute approximate surface area is 183 Å². The van der Waals surface area contributed by atoms with Crippen molar-refractivity contribution in [2.24, 2.45) is 22.8 Å². The molecule has 0 radical (unpaired) electrons. The van der Waals surface area contributed by atoms with Crippen LogP contribution >= 0.6 is 0 Å². The fourth-order valence-electron chi connectivity index (χ4n) is 3.83. The van der Waals surface area contributed by atoms with Gasteiger partial charge in [-0.2, -0.15) is 18.3 Å². The third kappa shape index (κ3) is 8.15. The number of methoxy groups -OCH3 is 1. The van der Waals surface area contributed by atoms with Crippen molar-refractivity contribution in [1.82, 2.24) is 10.6 Å². The predicted molar refractivity (Wildman–Crippen MR) is 106 cm³/mol. The third-order valence-corrected chi connectivity index (χ3v) is 5.32. The summed E-state index contributed by atoms with van der Waals surface area (Å²) in [7, 11) is 1.55. The van der Waals surface area contributed by atoms with E-state index >= 15 is 0 Å². The van der Waals surface area contributed by atoms with Crippen LogP contribution in [0.3, 0.4) is 0 Å². The number of carboxylic acid groups (broad SMARTS) is 2. The molecule has 6 unspecified atom stereocenters. The third-order valence-electron chi connectivity index (χ3n) is 5.32. The van der Waals surface area contributed by atoms with Gasteiger partial charge in [-0.3, -0.25) is 9.59 Å². The van der Waals surface area contributed by atoms with Crippen molar-refractivity contribution >= 4 is 24.2 Å². The summed E-state index contributed by atoms with van der Waals surface area (Å²) < 4.78 is 37.4. The highest BCUT2D eigenvalue weighted by Crippen LogP contribution is 2.39. The van der Waals surface area contributed by atoms with Crippen LogP contribution in [-0.4, -0.2) is 76.6 Å². The van der Waals surface area contributed by atoms with E-state index in [0.29, 0.717) is 6.42 Å². The molecule has 1 rings (SSSR count). The number of aliphatic hydroxyl groups is 1. The largest absolute Gasteiger partial charge is 0.490 e. The second-order valence-electron chi connectivity index (χ2n) is 7.55. The van der Waals surface area contributed by atoms with Crippen LogP contribution in [0.25, 0.3) is 0 Å². The summed E-state index contributed by atoms with van der Waals surface area (Å²) >= 11 is 0. The van der Waals surface area contributed by atoms with Gasteiger partial charge in [0.25, 0.3) is 0 Å². The molecule has 1 amide bonds. The Kier molecular flexibility index (Phi) is 11.4. The molecule has 11 nitrogen and oxygen atoms in total. The molecule has 14 heteroatoms. The Morgan fingerprint density at radius 3 is 2.19 bits per heavy atom. The monoisotopic (exact) mass is 472 g/mol. The van der Waals surface area contributed by atoms with Crippen molar-refractivity contribution in [3.05, 3.63) is 0 Å². The van der Waals surface area contributed by atoms with Crippen molar-refractivity contribution in [1.29, 1.82) is 0 Å². The number of hydrogen-bond acceptors (Lipinski definition) is 7. The molecule has 186 valence electrons. The van der Waals surface area contributed by atoms with Gasteiger partial charge in [0.05, 0.1) is 23.7 Å². The summed E-state index contributed by atoms with van der Waals surface area (Å²) in [5.41, 5.74) is -0.765. The maximum Gasteiger partial charge on any atom is 0.490 e. The quantitative estimate of drug-likeness (QED) is 0.119. The van der Waals surface area contributed by atoms with Gasteiger partial charge in [0.2, 0.25) is 5.91 Å². The van der Waals surface area contributed by atoms with Gasteiger partial charge < -0.3 is 36.5 Å². The van der Waals surface area contributed by atoms with E-state index in [0.717, 1.165) is 6.42 Å². The summed E-state index contributed by atoms with van der Waals surface area (Å²) in [4.78, 5) is 32.2. The van der Waals surface area contributed by atoms with E-state index < -0.39 is 53.7 Å². The molecular weight excluding hydrogens is 441 g/mol. The molecule has 0 aromatic carbocycles. The van der Waals surface area contributed by atoms with Crippen LogP contribution in [0.5, 0.6) is 0 Å². The van der Waals surface area contributed by atoms with Crippen LogP contribution in [0, 0.1) is 11.8 Å². The number of carbonyl (C=O) groups excluding carboxylic acids is 1. The Morgan fingerprint density at radius 2 is 1.84 bits per heavy atom. The summed E-state index contributed by atoms with van der Waals surface area (Å²) in [5, 5.41) is 36.4. The highest BCUT2D eigenvalue weighted by atomic mass is 19.4. The number of nitrogens with one attached hydrogen (secondary N) is 2. The number of carboxylic acids is 2. The van der Waals surface area contributed by atoms with Gasteiger partial charge in [-0.05, 0) is 19.8 Å². The Hall–Kier alpha value is -2.61. The number of halogens is 3. The zero-order chi connectivity index (χ0) is 25.3. The first-order chi connectivity index (χ1) is 14.7. The molecule has 1 aliphatic carbocycles. The van der Waals surface area contributed by atoms with E-state index in [9.17, 15) is 33.0 Å². The molecule has 32 heavy (non-hydrogen) atoms. The van der Waals surface area contributed by atoms with Crippen LogP contribution in [0.4, 0.5) is 13.2 Å². The number of hydrogen-bond donors (Lipinski definition) is 6. The lowest BCUT2D eigenvalue weighted by atomic mass is 9.78. The molecular formula is C18H31F3N4O7. The maximum atomic E-state index is 11.8. The Morgan fingerprint density at radius 1 is 1.31 bits per heavy atom. The van der Waals surface area contributed by atoms with E-state index in [1.165, 1.54) is 13.3 Å². The van der Waals surface area contributed by atoms with E-state index in [4.69, 9.17) is 20.5 Å². The SMILES string of the molecule is CCCC(C)(OC)C(NC(C)=O)C1C(NC=NN)CC(C(=O)O)C1O.O=C(O)C(F)(F)F. The number of hydrazone groups is 1. The zero-order valence-electron chi connectivity index (χ0n) is 18.2. The molecule has 1 fully saturated rings. The molecule has 0 aromatic heterocycles. The lowest BCUT2D eigenvalue weighted by Crippen LogP contribution is -2.61. The van der Waals surface area contributed by atoms with Gasteiger partial charge in [-0.1, -0.05) is 13.3 Å². The molecule has 0 bridgehead atoms. The molecule has 0 spiro atoms. The fourth-order valence-corrected chi connectivity index (χ4v) is 3.83. The predicted octanol–water partition coefficient (Wildman–Crippen LogP) is 0.271. The molecule has 0 aliphatic heterocycles. The second-order valence-corrected chi connectivity index (χ2v) is 7.55. The zero-order valence-corrected chi connectivity index (χ0v) is 18.2. The van der Waals surface area contributed by atoms with Crippen LogP contribution < -0.4 is 16.5 Å². The molecule has 0 saturated heterocycles. The normalized spacial score (nSPS) is 25.9. The smallest absolute Gasteiger partial charge is 0.481 e. The first-order valence-corrected chi connectivity index (χ1v) is 9.67. The second kappa shape index (κ2) is 12.4. The molecule has 1 saturated carbocycles. The van der Waals surface area contributed by atoms with Gasteiger partial charge >= 0.3 is 18.1 Å². The Bertz CT molecular complexity index is 677. The van der Waals surface area contributed by atoms with Crippen molar-refractivity contribution in [3.63, 3.8) is 0 Å². The number of alkyl halides is 3. The van der Waals surface area contributed by atoms with E-state index in [-0.39, 0.29) is 12.3 Å². The first kappa shape index (κ1) is 29.4. The maximum absolute atomic E-state index is 11.8. The Balaban J connectivity index is 0.00000118. The van der Waals surface area contributed by atoms with Crippen LogP contribution in [0.15, 0.2) is 5.10 Å². The number of ether oxygens (including phenoxy) is 1. The number of nitrogens with zero attached hydrogens (tertiary/aromatic N) is 1. The summed E-state index contributed by atoms with van der Waals surface area (Å²) in [5.74, 6) is -0.518. The highest BCUT2D eigenvalue weighted by Gasteiger charge is 2.53. The van der Waals surface area contributed by atoms with E-state index in [2.05, 4.69) is 15.7 Å². The van der Waals surface area contributed by atoms with Gasteiger partial charge in [0.15, 0.2) is 0 Å². The van der Waals surface area contributed by atoms with E-state index in [1.54, 1.807) is 7.11 Å². The number of aliphatic carboxylic acids is 2. The molecule has 0 aromatic rings. The van der Waals surface area contributed by atoms with Gasteiger partial charge in [-0.15, -0.1) is 0 Å². The number of aliphatic hydroxyl groups excluding tert-OH is 1. The molecule has 1 aliphatic rings. The van der Waals surface area contributed by atoms with Crippen LogP contribution in [-0.2, 0) is 19.1 Å². The van der Waals surface area contributed by atoms with Crippen molar-refractivity contribution in [3.8, 4) is 0 Å². The molecule has 6 atom stereocenters. The highest BCUT2D eigenvalue weighted by molar-refractivity contribution is 5.74. The topological polar surface area (TPSA) is 184 Å². The lowest BCUT2D eigenvalue weighted by molar-refractivity contribution is -0.192. The number of rotatable bonds is 9. The van der Waals surface area contributed by atoms with Crippen LogP contribution in [0.2, 0.25) is 0 Å². The minimum Gasteiger partial charge on any atom is -0.481 e. The molecule has 0 heterocycles. The van der Waals surface area contributed by atoms with Gasteiger partial charge in [0.1, 0.15) is 6.34 Å². The first-order valence-electron chi connectivity index (χ1n) is 9.67. The van der Waals surface area contributed by atoms with Crippen molar-refractivity contribution in [2.45, 2.75) is 70.0 Å².